The van der Waals surface area contributed by atoms with Crippen molar-refractivity contribution in [2.75, 3.05) is 0 Å². The first-order chi connectivity index (χ1) is 9.56. The normalized spacial score (nSPS) is 10.8. The standard InChI is InChI=1S/C13H7BrN2O3S/c14-7-5-8(12(17)10(6-7)16(18)19)13-15-9-3-1-2-4-11(9)20-13/h1-6,17H. The van der Waals surface area contributed by atoms with E-state index in [0.29, 0.717) is 15.0 Å². The van der Waals surface area contributed by atoms with Gasteiger partial charge in [0.1, 0.15) is 5.01 Å². The number of halogens is 1. The molecule has 0 saturated heterocycles. The average Bonchev–Trinajstić information content (AvgIpc) is 2.84. The Morgan fingerprint density at radius 1 is 1.30 bits per heavy atom. The van der Waals surface area contributed by atoms with E-state index in [9.17, 15) is 15.2 Å². The molecule has 5 nitrogen and oxygen atoms in total. The van der Waals surface area contributed by atoms with E-state index in [0.717, 1.165) is 10.2 Å². The Kier molecular flexibility index (Phi) is 3.15. The van der Waals surface area contributed by atoms with Crippen LogP contribution >= 0.6 is 27.3 Å². The van der Waals surface area contributed by atoms with Crippen molar-refractivity contribution in [3.05, 3.63) is 51.0 Å². The van der Waals surface area contributed by atoms with Crippen molar-refractivity contribution in [2.24, 2.45) is 0 Å². The highest BCUT2D eigenvalue weighted by atomic mass is 79.9. The molecule has 1 heterocycles. The predicted octanol–water partition coefficient (Wildman–Crippen LogP) is 4.34. The molecule has 0 fully saturated rings. The molecular weight excluding hydrogens is 344 g/mol. The van der Waals surface area contributed by atoms with Gasteiger partial charge in [-0.05, 0) is 18.2 Å². The molecular formula is C13H7BrN2O3S. The lowest BCUT2D eigenvalue weighted by molar-refractivity contribution is -0.385. The Labute approximate surface area is 125 Å². The Hall–Kier alpha value is -1.99. The maximum Gasteiger partial charge on any atom is 0.312 e. The van der Waals surface area contributed by atoms with Crippen LogP contribution in [0.5, 0.6) is 5.75 Å². The Bertz CT molecular complexity index is 799. The highest BCUT2D eigenvalue weighted by Gasteiger charge is 2.21. The van der Waals surface area contributed by atoms with E-state index in [4.69, 9.17) is 0 Å². The molecule has 0 aliphatic carbocycles. The molecule has 0 atom stereocenters. The molecule has 0 aliphatic rings. The summed E-state index contributed by atoms with van der Waals surface area (Å²) in [5, 5.41) is 21.6. The van der Waals surface area contributed by atoms with Gasteiger partial charge in [0.05, 0.1) is 20.7 Å². The number of hydrogen-bond donors (Lipinski definition) is 1. The fourth-order valence-electron chi connectivity index (χ4n) is 1.87. The highest BCUT2D eigenvalue weighted by Crippen LogP contribution is 2.42. The first-order valence-electron chi connectivity index (χ1n) is 5.59. The molecule has 0 unspecified atom stereocenters. The number of thiazole rings is 1. The smallest absolute Gasteiger partial charge is 0.312 e. The van der Waals surface area contributed by atoms with E-state index in [2.05, 4.69) is 20.9 Å². The molecule has 0 spiro atoms. The maximum absolute atomic E-state index is 10.9. The van der Waals surface area contributed by atoms with Crippen molar-refractivity contribution in [1.29, 1.82) is 0 Å². The quantitative estimate of drug-likeness (QED) is 0.550. The average molecular weight is 351 g/mol. The van der Waals surface area contributed by atoms with Crippen LogP contribution in [0, 0.1) is 10.1 Å². The SMILES string of the molecule is O=[N+]([O-])c1cc(Br)cc(-c2nc3ccccc3s2)c1O. The molecule has 1 N–H and O–H groups in total. The minimum atomic E-state index is -0.614. The maximum atomic E-state index is 10.9. The third-order valence-electron chi connectivity index (χ3n) is 2.78. The second kappa shape index (κ2) is 4.84. The minimum absolute atomic E-state index is 0.339. The van der Waals surface area contributed by atoms with E-state index < -0.39 is 4.92 Å². The molecule has 0 aliphatic heterocycles. The largest absolute Gasteiger partial charge is 0.502 e. The Morgan fingerprint density at radius 3 is 2.75 bits per heavy atom. The van der Waals surface area contributed by atoms with Gasteiger partial charge in [0, 0.05) is 10.5 Å². The van der Waals surface area contributed by atoms with Crippen molar-refractivity contribution in [2.45, 2.75) is 0 Å². The zero-order valence-corrected chi connectivity index (χ0v) is 12.3. The van der Waals surface area contributed by atoms with Crippen LogP contribution in [0.15, 0.2) is 40.9 Å². The van der Waals surface area contributed by atoms with E-state index in [1.54, 1.807) is 6.07 Å². The zero-order valence-electron chi connectivity index (χ0n) is 9.91. The zero-order chi connectivity index (χ0) is 14.3. The number of rotatable bonds is 2. The van der Waals surface area contributed by atoms with Gasteiger partial charge >= 0.3 is 5.69 Å². The number of aromatic hydroxyl groups is 1. The predicted molar refractivity (Wildman–Crippen MR) is 81.1 cm³/mol. The molecule has 1 aromatic heterocycles. The molecule has 100 valence electrons. The molecule has 0 bridgehead atoms. The van der Waals surface area contributed by atoms with Crippen LogP contribution in [-0.2, 0) is 0 Å². The first-order valence-corrected chi connectivity index (χ1v) is 7.20. The van der Waals surface area contributed by atoms with Gasteiger partial charge in [0.15, 0.2) is 0 Å². The van der Waals surface area contributed by atoms with Gasteiger partial charge in [-0.2, -0.15) is 0 Å². The summed E-state index contributed by atoms with van der Waals surface area (Å²) < 4.78 is 1.49. The third-order valence-corrected chi connectivity index (χ3v) is 4.30. The van der Waals surface area contributed by atoms with Gasteiger partial charge in [0.25, 0.3) is 0 Å². The van der Waals surface area contributed by atoms with Gasteiger partial charge in [-0.25, -0.2) is 4.98 Å². The second-order valence-electron chi connectivity index (χ2n) is 4.06. The number of nitrogens with zero attached hydrogens (tertiary/aromatic N) is 2. The van der Waals surface area contributed by atoms with Gasteiger partial charge in [-0.3, -0.25) is 10.1 Å². The summed E-state index contributed by atoms with van der Waals surface area (Å²) in [6, 6.07) is 10.4. The highest BCUT2D eigenvalue weighted by molar-refractivity contribution is 9.10. The number of nitro benzene ring substituents is 1. The number of benzene rings is 2. The fourth-order valence-corrected chi connectivity index (χ4v) is 3.30. The summed E-state index contributed by atoms with van der Waals surface area (Å²) in [5.41, 5.74) is 0.815. The number of aromatic nitrogens is 1. The van der Waals surface area contributed by atoms with Crippen molar-refractivity contribution in [1.82, 2.24) is 4.98 Å². The summed E-state index contributed by atoms with van der Waals surface area (Å²) in [6.45, 7) is 0. The van der Waals surface area contributed by atoms with Crippen molar-refractivity contribution in [3.63, 3.8) is 0 Å². The summed E-state index contributed by atoms with van der Waals surface area (Å²) in [4.78, 5) is 14.7. The summed E-state index contributed by atoms with van der Waals surface area (Å²) >= 11 is 4.60. The number of phenolic OH excluding ortho intramolecular Hbond substituents is 1. The molecule has 3 rings (SSSR count). The summed E-state index contributed by atoms with van der Waals surface area (Å²) in [6.07, 6.45) is 0. The topological polar surface area (TPSA) is 76.3 Å². The lowest BCUT2D eigenvalue weighted by atomic mass is 10.2. The molecule has 0 amide bonds. The Balaban J connectivity index is 2.25. The van der Waals surface area contributed by atoms with Crippen LogP contribution in [0.3, 0.4) is 0 Å². The summed E-state index contributed by atoms with van der Waals surface area (Å²) in [5.74, 6) is -0.364. The van der Waals surface area contributed by atoms with E-state index >= 15 is 0 Å². The third kappa shape index (κ3) is 2.14. The van der Waals surface area contributed by atoms with Crippen molar-refractivity contribution < 1.29 is 10.0 Å². The van der Waals surface area contributed by atoms with E-state index in [1.807, 2.05) is 24.3 Å². The van der Waals surface area contributed by atoms with Crippen LogP contribution in [-0.4, -0.2) is 15.0 Å². The fraction of sp³-hybridized carbons (Fsp3) is 0. The van der Waals surface area contributed by atoms with Gasteiger partial charge in [0.2, 0.25) is 5.75 Å². The number of fused-ring (bicyclic) bond motifs is 1. The molecule has 0 radical (unpaired) electrons. The molecule has 7 heteroatoms. The lowest BCUT2D eigenvalue weighted by Crippen LogP contribution is -1.90. The number of hydrogen-bond acceptors (Lipinski definition) is 5. The molecule has 3 aromatic rings. The molecule has 0 saturated carbocycles. The van der Waals surface area contributed by atoms with Gasteiger partial charge in [-0.1, -0.05) is 28.1 Å². The van der Waals surface area contributed by atoms with E-state index in [1.165, 1.54) is 17.4 Å². The van der Waals surface area contributed by atoms with E-state index in [-0.39, 0.29) is 11.4 Å². The molecule has 2 aromatic carbocycles. The number of para-hydroxylation sites is 1. The van der Waals surface area contributed by atoms with Crippen molar-refractivity contribution in [3.8, 4) is 16.3 Å². The van der Waals surface area contributed by atoms with Crippen molar-refractivity contribution >= 4 is 43.2 Å². The number of phenols is 1. The second-order valence-corrected chi connectivity index (χ2v) is 6.01. The molecule has 20 heavy (non-hydrogen) atoms. The van der Waals surface area contributed by atoms with Crippen LogP contribution < -0.4 is 0 Å². The minimum Gasteiger partial charge on any atom is -0.502 e. The van der Waals surface area contributed by atoms with Crippen LogP contribution in [0.25, 0.3) is 20.8 Å². The summed E-state index contributed by atoms with van der Waals surface area (Å²) in [7, 11) is 0. The van der Waals surface area contributed by atoms with Gasteiger partial charge in [-0.15, -0.1) is 11.3 Å². The van der Waals surface area contributed by atoms with Crippen LogP contribution in [0.2, 0.25) is 0 Å². The Morgan fingerprint density at radius 2 is 2.05 bits per heavy atom. The number of nitro groups is 1. The first kappa shape index (κ1) is 13.0. The van der Waals surface area contributed by atoms with Crippen LogP contribution in [0.1, 0.15) is 0 Å². The van der Waals surface area contributed by atoms with Gasteiger partial charge < -0.3 is 5.11 Å². The monoisotopic (exact) mass is 350 g/mol. The van der Waals surface area contributed by atoms with Crippen LogP contribution in [0.4, 0.5) is 5.69 Å². The lowest BCUT2D eigenvalue weighted by Gasteiger charge is -2.03.